The van der Waals surface area contributed by atoms with Gasteiger partial charge in [-0.2, -0.15) is 0 Å². The summed E-state index contributed by atoms with van der Waals surface area (Å²) in [6.07, 6.45) is 1.73. The van der Waals surface area contributed by atoms with Crippen LogP contribution in [0.4, 0.5) is 5.69 Å². The highest BCUT2D eigenvalue weighted by Crippen LogP contribution is 2.32. The summed E-state index contributed by atoms with van der Waals surface area (Å²) in [6, 6.07) is 11.5. The topological polar surface area (TPSA) is 134 Å². The molecule has 1 fully saturated rings. The number of rotatable bonds is 10. The molecule has 10 heteroatoms. The van der Waals surface area contributed by atoms with E-state index in [9.17, 15) is 24.0 Å². The summed E-state index contributed by atoms with van der Waals surface area (Å²) in [5, 5.41) is 8.27. The second-order valence-electron chi connectivity index (χ2n) is 9.15. The number of hydrogen-bond donors (Lipinski definition) is 3. The molecular weight excluding hydrogens is 476 g/mol. The quantitative estimate of drug-likeness (QED) is 0.333. The molecule has 2 aromatic carbocycles. The second kappa shape index (κ2) is 11.2. The van der Waals surface area contributed by atoms with Gasteiger partial charge in [0, 0.05) is 25.6 Å². The van der Waals surface area contributed by atoms with E-state index in [0.717, 1.165) is 29.1 Å². The molecule has 3 N–H and O–H groups in total. The number of imide groups is 2. The maximum Gasteiger partial charge on any atom is 0.264 e. The summed E-state index contributed by atoms with van der Waals surface area (Å²) in [5.41, 5.74) is 2.03. The molecule has 1 saturated heterocycles. The van der Waals surface area contributed by atoms with Crippen molar-refractivity contribution in [1.82, 2.24) is 15.5 Å². The number of piperidine rings is 1. The van der Waals surface area contributed by atoms with Gasteiger partial charge in [0.1, 0.15) is 11.8 Å². The first-order chi connectivity index (χ1) is 17.8. The Labute approximate surface area is 214 Å². The number of amides is 5. The van der Waals surface area contributed by atoms with Crippen molar-refractivity contribution in [2.24, 2.45) is 0 Å². The van der Waals surface area contributed by atoms with Gasteiger partial charge in [0.15, 0.2) is 0 Å². The van der Waals surface area contributed by atoms with Crippen LogP contribution in [0, 0.1) is 0 Å². The Morgan fingerprint density at radius 3 is 2.54 bits per heavy atom. The fraction of sp³-hybridized carbons (Fsp3) is 0.370. The monoisotopic (exact) mass is 506 g/mol. The lowest BCUT2D eigenvalue weighted by Crippen LogP contribution is -2.54. The third kappa shape index (κ3) is 5.79. The van der Waals surface area contributed by atoms with E-state index in [-0.39, 0.29) is 35.9 Å². The maximum atomic E-state index is 13.1. The van der Waals surface area contributed by atoms with E-state index in [0.29, 0.717) is 18.8 Å². The molecule has 2 aliphatic rings. The van der Waals surface area contributed by atoms with Gasteiger partial charge in [-0.1, -0.05) is 18.2 Å². The van der Waals surface area contributed by atoms with Crippen LogP contribution in [0.3, 0.4) is 0 Å². The Hall–Kier alpha value is -4.21. The zero-order chi connectivity index (χ0) is 26.5. The van der Waals surface area contributed by atoms with Crippen LogP contribution in [-0.4, -0.2) is 53.6 Å². The number of benzene rings is 2. The van der Waals surface area contributed by atoms with Crippen LogP contribution >= 0.6 is 0 Å². The Bertz CT molecular complexity index is 1230. The van der Waals surface area contributed by atoms with Gasteiger partial charge in [-0.25, -0.2) is 0 Å². The molecule has 0 aromatic heterocycles. The SMILES string of the molecule is CC(=O)N[C@H](C)c1ccc(OCCCCNc2cccc3c2C(=O)N(C2CCC(=O)NC2=O)C3=O)cc1. The van der Waals surface area contributed by atoms with E-state index in [1.165, 1.54) is 6.92 Å². The molecule has 2 aliphatic heterocycles. The third-order valence-corrected chi connectivity index (χ3v) is 6.42. The van der Waals surface area contributed by atoms with Crippen molar-refractivity contribution >= 4 is 35.2 Å². The van der Waals surface area contributed by atoms with Crippen molar-refractivity contribution < 1.29 is 28.7 Å². The largest absolute Gasteiger partial charge is 0.494 e. The Morgan fingerprint density at radius 2 is 1.84 bits per heavy atom. The zero-order valence-corrected chi connectivity index (χ0v) is 20.8. The number of nitrogens with one attached hydrogen (secondary N) is 3. The molecule has 194 valence electrons. The highest BCUT2D eigenvalue weighted by atomic mass is 16.5. The minimum Gasteiger partial charge on any atom is -0.494 e. The van der Waals surface area contributed by atoms with E-state index in [4.69, 9.17) is 4.74 Å². The average Bonchev–Trinajstić information content (AvgIpc) is 3.12. The lowest BCUT2D eigenvalue weighted by Gasteiger charge is -2.27. The number of anilines is 1. The molecule has 0 bridgehead atoms. The molecule has 0 saturated carbocycles. The zero-order valence-electron chi connectivity index (χ0n) is 20.8. The molecule has 0 spiro atoms. The fourth-order valence-electron chi connectivity index (χ4n) is 4.54. The molecule has 1 unspecified atom stereocenters. The first kappa shape index (κ1) is 25.9. The van der Waals surface area contributed by atoms with Crippen LogP contribution in [0.2, 0.25) is 0 Å². The highest BCUT2D eigenvalue weighted by molar-refractivity contribution is 6.25. The van der Waals surface area contributed by atoms with Gasteiger partial charge in [0.2, 0.25) is 17.7 Å². The van der Waals surface area contributed by atoms with Gasteiger partial charge in [0.25, 0.3) is 11.8 Å². The molecule has 2 atom stereocenters. The number of ether oxygens (including phenoxy) is 1. The standard InChI is InChI=1S/C27H30N4O6/c1-16(29-17(2)32)18-8-10-19(11-9-18)37-15-4-3-14-28-21-7-5-6-20-24(21)27(36)31(26(20)35)22-12-13-23(33)30-25(22)34/h5-11,16,22,28H,3-4,12-15H2,1-2H3,(H,29,32)(H,30,33,34)/t16-,22?/m1/s1. The average molecular weight is 507 g/mol. The van der Waals surface area contributed by atoms with Crippen LogP contribution in [0.1, 0.15) is 71.9 Å². The number of carbonyl (C=O) groups is 5. The molecule has 5 amide bonds. The van der Waals surface area contributed by atoms with Crippen LogP contribution in [-0.2, 0) is 14.4 Å². The van der Waals surface area contributed by atoms with Gasteiger partial charge in [-0.05, 0) is 56.0 Å². The molecule has 0 aliphatic carbocycles. The van der Waals surface area contributed by atoms with E-state index >= 15 is 0 Å². The van der Waals surface area contributed by atoms with Crippen LogP contribution in [0.5, 0.6) is 5.75 Å². The highest BCUT2D eigenvalue weighted by Gasteiger charge is 2.45. The minimum absolute atomic E-state index is 0.0738. The van der Waals surface area contributed by atoms with Crippen molar-refractivity contribution in [3.05, 3.63) is 59.2 Å². The molecular formula is C27H30N4O6. The molecule has 2 aromatic rings. The van der Waals surface area contributed by atoms with Crippen molar-refractivity contribution in [2.75, 3.05) is 18.5 Å². The Morgan fingerprint density at radius 1 is 1.08 bits per heavy atom. The third-order valence-electron chi connectivity index (χ3n) is 6.42. The summed E-state index contributed by atoms with van der Waals surface area (Å²) >= 11 is 0. The van der Waals surface area contributed by atoms with Crippen molar-refractivity contribution in [3.8, 4) is 5.75 Å². The lowest BCUT2D eigenvalue weighted by molar-refractivity contribution is -0.136. The van der Waals surface area contributed by atoms with E-state index < -0.39 is 29.7 Å². The number of fused-ring (bicyclic) bond motifs is 1. The van der Waals surface area contributed by atoms with Gasteiger partial charge < -0.3 is 15.4 Å². The molecule has 37 heavy (non-hydrogen) atoms. The molecule has 2 heterocycles. The predicted octanol–water partition coefficient (Wildman–Crippen LogP) is 2.56. The lowest BCUT2D eigenvalue weighted by atomic mass is 10.0. The van der Waals surface area contributed by atoms with Gasteiger partial charge in [-0.15, -0.1) is 0 Å². The van der Waals surface area contributed by atoms with E-state index in [2.05, 4.69) is 16.0 Å². The predicted molar refractivity (Wildman–Crippen MR) is 135 cm³/mol. The van der Waals surface area contributed by atoms with Crippen molar-refractivity contribution in [2.45, 2.75) is 51.6 Å². The van der Waals surface area contributed by atoms with Gasteiger partial charge in [0.05, 0.1) is 23.8 Å². The summed E-state index contributed by atoms with van der Waals surface area (Å²) in [6.45, 7) is 4.48. The molecule has 0 radical (unpaired) electrons. The summed E-state index contributed by atoms with van der Waals surface area (Å²) in [5.74, 6) is -1.43. The number of unbranched alkanes of at least 4 members (excludes halogenated alkanes) is 1. The maximum absolute atomic E-state index is 13.1. The van der Waals surface area contributed by atoms with E-state index in [1.807, 2.05) is 31.2 Å². The summed E-state index contributed by atoms with van der Waals surface area (Å²) in [7, 11) is 0. The number of nitrogens with zero attached hydrogens (tertiary/aromatic N) is 1. The molecule has 4 rings (SSSR count). The second-order valence-corrected chi connectivity index (χ2v) is 9.15. The smallest absolute Gasteiger partial charge is 0.264 e. The van der Waals surface area contributed by atoms with Crippen LogP contribution in [0.15, 0.2) is 42.5 Å². The number of hydrogen-bond acceptors (Lipinski definition) is 7. The Balaban J connectivity index is 1.27. The fourth-order valence-corrected chi connectivity index (χ4v) is 4.54. The van der Waals surface area contributed by atoms with Gasteiger partial charge >= 0.3 is 0 Å². The van der Waals surface area contributed by atoms with Crippen LogP contribution in [0.25, 0.3) is 0 Å². The minimum atomic E-state index is -0.988. The summed E-state index contributed by atoms with van der Waals surface area (Å²) < 4.78 is 5.80. The van der Waals surface area contributed by atoms with Gasteiger partial charge in [-0.3, -0.25) is 34.2 Å². The normalized spacial score (nSPS) is 17.8. The Kier molecular flexibility index (Phi) is 7.86. The first-order valence-electron chi connectivity index (χ1n) is 12.3. The van der Waals surface area contributed by atoms with E-state index in [1.54, 1.807) is 18.2 Å². The summed E-state index contributed by atoms with van der Waals surface area (Å²) in [4.78, 5) is 61.9. The van der Waals surface area contributed by atoms with Crippen molar-refractivity contribution in [3.63, 3.8) is 0 Å². The number of carbonyl (C=O) groups excluding carboxylic acids is 5. The van der Waals surface area contributed by atoms with Crippen molar-refractivity contribution in [1.29, 1.82) is 0 Å². The molecule has 10 nitrogen and oxygen atoms in total. The first-order valence-corrected chi connectivity index (χ1v) is 12.3. The van der Waals surface area contributed by atoms with Crippen LogP contribution < -0.4 is 20.7 Å².